The molecular formula is C20H31NO3. The summed E-state index contributed by atoms with van der Waals surface area (Å²) in [6, 6.07) is 8.78. The van der Waals surface area contributed by atoms with Crippen molar-refractivity contribution < 1.29 is 14.7 Å². The molecule has 4 nitrogen and oxygen atoms in total. The molecule has 0 saturated heterocycles. The molecule has 0 fully saturated rings. The van der Waals surface area contributed by atoms with E-state index in [-0.39, 0.29) is 0 Å². The van der Waals surface area contributed by atoms with Crippen LogP contribution in [0.25, 0.3) is 0 Å². The number of nitrogens with one attached hydrogen (secondary N) is 1. The van der Waals surface area contributed by atoms with Gasteiger partial charge in [-0.1, -0.05) is 75.8 Å². The van der Waals surface area contributed by atoms with Gasteiger partial charge in [-0.15, -0.1) is 5.48 Å². The molecule has 1 aromatic carbocycles. The average Bonchev–Trinajstić information content (AvgIpc) is 2.59. The highest BCUT2D eigenvalue weighted by atomic mass is 16.6. The molecule has 0 spiro atoms. The minimum absolute atomic E-state index is 0.391. The number of carboxylic acid groups (broad SMARTS) is 1. The number of unbranched alkanes of at least 4 members (excludes halogenated alkanes) is 7. The van der Waals surface area contributed by atoms with Crippen LogP contribution >= 0.6 is 0 Å². The third-order valence-electron chi connectivity index (χ3n) is 3.93. The second-order valence-corrected chi connectivity index (χ2v) is 6.10. The summed E-state index contributed by atoms with van der Waals surface area (Å²) >= 11 is 0. The molecule has 0 amide bonds. The van der Waals surface area contributed by atoms with E-state index >= 15 is 0 Å². The molecule has 1 rings (SSSR count). The monoisotopic (exact) mass is 333 g/mol. The molecule has 1 atom stereocenters. The van der Waals surface area contributed by atoms with Crippen LogP contribution in [-0.4, -0.2) is 17.1 Å². The van der Waals surface area contributed by atoms with Gasteiger partial charge in [-0.25, -0.2) is 0 Å². The molecular weight excluding hydrogens is 302 g/mol. The third kappa shape index (κ3) is 10.1. The van der Waals surface area contributed by atoms with Crippen LogP contribution in [0.1, 0.15) is 63.9 Å². The zero-order valence-electron chi connectivity index (χ0n) is 14.7. The van der Waals surface area contributed by atoms with Crippen LogP contribution in [0.3, 0.4) is 0 Å². The number of hydrogen-bond acceptors (Lipinski definition) is 3. The Morgan fingerprint density at radius 1 is 1.12 bits per heavy atom. The van der Waals surface area contributed by atoms with Crippen molar-refractivity contribution in [3.8, 4) is 0 Å². The first kappa shape index (κ1) is 20.2. The number of rotatable bonds is 14. The molecule has 0 radical (unpaired) electrons. The quantitative estimate of drug-likeness (QED) is 0.290. The van der Waals surface area contributed by atoms with Gasteiger partial charge in [-0.3, -0.25) is 4.79 Å². The second kappa shape index (κ2) is 13.6. The second-order valence-electron chi connectivity index (χ2n) is 6.10. The highest BCUT2D eigenvalue weighted by Crippen LogP contribution is 2.08. The van der Waals surface area contributed by atoms with E-state index in [1.54, 1.807) is 6.26 Å². The molecule has 0 aromatic heterocycles. The van der Waals surface area contributed by atoms with Gasteiger partial charge < -0.3 is 9.94 Å². The van der Waals surface area contributed by atoms with Crippen molar-refractivity contribution in [3.63, 3.8) is 0 Å². The highest BCUT2D eigenvalue weighted by Gasteiger charge is 2.17. The fraction of sp³-hybridized carbons (Fsp3) is 0.550. The maximum absolute atomic E-state index is 11.3. The van der Waals surface area contributed by atoms with Crippen molar-refractivity contribution in [2.75, 3.05) is 0 Å². The molecule has 0 aliphatic heterocycles. The van der Waals surface area contributed by atoms with E-state index in [9.17, 15) is 9.90 Å². The van der Waals surface area contributed by atoms with Crippen LogP contribution in [0.15, 0.2) is 42.7 Å². The van der Waals surface area contributed by atoms with E-state index in [2.05, 4.69) is 12.4 Å². The minimum atomic E-state index is -0.917. The van der Waals surface area contributed by atoms with Gasteiger partial charge in [-0.05, 0) is 24.5 Å². The number of hydroxylamine groups is 1. The fourth-order valence-corrected chi connectivity index (χ4v) is 2.49. The molecule has 1 aromatic rings. The molecule has 0 heterocycles. The first-order chi connectivity index (χ1) is 11.7. The molecule has 134 valence electrons. The summed E-state index contributed by atoms with van der Waals surface area (Å²) in [5.41, 5.74) is 3.57. The largest absolute Gasteiger partial charge is 0.480 e. The number of aliphatic carboxylic acids is 1. The van der Waals surface area contributed by atoms with Gasteiger partial charge in [-0.2, -0.15) is 0 Å². The molecule has 2 N–H and O–H groups in total. The van der Waals surface area contributed by atoms with Crippen LogP contribution < -0.4 is 5.48 Å². The maximum atomic E-state index is 11.3. The van der Waals surface area contributed by atoms with E-state index in [4.69, 9.17) is 4.84 Å². The molecule has 0 aliphatic carbocycles. The molecule has 0 saturated carbocycles. The molecule has 0 bridgehead atoms. The number of benzene rings is 1. The minimum Gasteiger partial charge on any atom is -0.480 e. The molecule has 4 heteroatoms. The predicted octanol–water partition coefficient (Wildman–Crippen LogP) is 4.86. The topological polar surface area (TPSA) is 58.6 Å². The Labute approximate surface area is 145 Å². The third-order valence-corrected chi connectivity index (χ3v) is 3.93. The highest BCUT2D eigenvalue weighted by molar-refractivity contribution is 5.73. The van der Waals surface area contributed by atoms with Crippen LogP contribution in [0.2, 0.25) is 0 Å². The first-order valence-corrected chi connectivity index (χ1v) is 9.07. The smallest absolute Gasteiger partial charge is 0.324 e. The lowest BCUT2D eigenvalue weighted by atomic mass is 10.1. The van der Waals surface area contributed by atoms with Crippen molar-refractivity contribution >= 4 is 5.97 Å². The summed E-state index contributed by atoms with van der Waals surface area (Å²) in [6.07, 6.45) is 13.8. The maximum Gasteiger partial charge on any atom is 0.324 e. The Kier molecular flexibility index (Phi) is 11.5. The Hall–Kier alpha value is -1.81. The van der Waals surface area contributed by atoms with E-state index in [1.807, 2.05) is 36.4 Å². The fourth-order valence-electron chi connectivity index (χ4n) is 2.49. The summed E-state index contributed by atoms with van der Waals surface area (Å²) < 4.78 is 0. The normalized spacial score (nSPS) is 12.4. The van der Waals surface area contributed by atoms with Crippen molar-refractivity contribution in [3.05, 3.63) is 48.2 Å². The predicted molar refractivity (Wildman–Crippen MR) is 97.5 cm³/mol. The number of hydrogen-bond donors (Lipinski definition) is 2. The Balaban J connectivity index is 2.11. The molecule has 0 aliphatic rings. The van der Waals surface area contributed by atoms with Crippen molar-refractivity contribution in [1.82, 2.24) is 5.48 Å². The summed E-state index contributed by atoms with van der Waals surface area (Å²) in [5, 5.41) is 9.23. The van der Waals surface area contributed by atoms with Gasteiger partial charge in [0.05, 0.1) is 0 Å². The number of carboxylic acids is 1. The Morgan fingerprint density at radius 2 is 1.79 bits per heavy atom. The first-order valence-electron chi connectivity index (χ1n) is 9.07. The number of carbonyl (C=O) groups is 1. The van der Waals surface area contributed by atoms with E-state index in [0.717, 1.165) is 18.4 Å². The Morgan fingerprint density at radius 3 is 2.46 bits per heavy atom. The van der Waals surface area contributed by atoms with Gasteiger partial charge in [0.1, 0.15) is 12.3 Å². The van der Waals surface area contributed by atoms with Crippen LogP contribution in [0.4, 0.5) is 0 Å². The summed E-state index contributed by atoms with van der Waals surface area (Å²) in [4.78, 5) is 16.4. The van der Waals surface area contributed by atoms with Gasteiger partial charge in [0, 0.05) is 6.42 Å². The van der Waals surface area contributed by atoms with Gasteiger partial charge >= 0.3 is 5.97 Å². The van der Waals surface area contributed by atoms with Gasteiger partial charge in [0.2, 0.25) is 0 Å². The summed E-state index contributed by atoms with van der Waals surface area (Å²) in [7, 11) is 0. The van der Waals surface area contributed by atoms with Gasteiger partial charge in [0.25, 0.3) is 0 Å². The van der Waals surface area contributed by atoms with Crippen LogP contribution in [0, 0.1) is 0 Å². The van der Waals surface area contributed by atoms with Crippen molar-refractivity contribution in [2.45, 2.75) is 70.8 Å². The standard InChI is InChI=1S/C20H31NO3/c1-2-3-4-5-6-7-8-9-13-16-24-21-19(20(22)23)17-18-14-11-10-12-15-18/h10-16,19,21H,2-9,17H2,1H3,(H,22,23)/b16-13+. The zero-order valence-corrected chi connectivity index (χ0v) is 14.7. The lowest BCUT2D eigenvalue weighted by molar-refractivity contribution is -0.142. The lowest BCUT2D eigenvalue weighted by Gasteiger charge is -2.13. The van der Waals surface area contributed by atoms with E-state index < -0.39 is 12.0 Å². The number of allylic oxidation sites excluding steroid dienone is 1. The van der Waals surface area contributed by atoms with E-state index in [1.165, 1.54) is 38.5 Å². The van der Waals surface area contributed by atoms with Crippen molar-refractivity contribution in [2.24, 2.45) is 0 Å². The molecule has 24 heavy (non-hydrogen) atoms. The van der Waals surface area contributed by atoms with Crippen molar-refractivity contribution in [1.29, 1.82) is 0 Å². The summed E-state index contributed by atoms with van der Waals surface area (Å²) in [5.74, 6) is -0.917. The van der Waals surface area contributed by atoms with Crippen LogP contribution in [-0.2, 0) is 16.1 Å². The lowest BCUT2D eigenvalue weighted by Crippen LogP contribution is -2.37. The Bertz CT molecular complexity index is 459. The van der Waals surface area contributed by atoms with Crippen LogP contribution in [0.5, 0.6) is 0 Å². The van der Waals surface area contributed by atoms with Gasteiger partial charge in [0.15, 0.2) is 0 Å². The zero-order chi connectivity index (χ0) is 17.5. The van der Waals surface area contributed by atoms with E-state index in [0.29, 0.717) is 6.42 Å². The summed E-state index contributed by atoms with van der Waals surface area (Å²) in [6.45, 7) is 2.23. The molecule has 1 unspecified atom stereocenters. The average molecular weight is 333 g/mol. The SMILES string of the molecule is CCCCCCCCC/C=C/ONC(Cc1ccccc1)C(=O)O.